The molecule has 0 amide bonds. The maximum Gasteiger partial charge on any atom is 0.231 e. The predicted molar refractivity (Wildman–Crippen MR) is 104 cm³/mol. The largest absolute Gasteiger partial charge is 0.492 e. The zero-order valence-electron chi connectivity index (χ0n) is 15.1. The summed E-state index contributed by atoms with van der Waals surface area (Å²) in [5, 5.41) is 0. The number of fused-ring (bicyclic) bond motifs is 2. The van der Waals surface area contributed by atoms with E-state index in [9.17, 15) is 0 Å². The van der Waals surface area contributed by atoms with Crippen LogP contribution in [0.25, 0.3) is 11.1 Å². The molecule has 5 rings (SSSR count). The van der Waals surface area contributed by atoms with Crippen LogP contribution in [-0.2, 0) is 13.1 Å². The minimum atomic E-state index is 0.297. The third-order valence-corrected chi connectivity index (χ3v) is 5.07. The van der Waals surface area contributed by atoms with Gasteiger partial charge in [0.25, 0.3) is 0 Å². The molecule has 4 nitrogen and oxygen atoms in total. The summed E-state index contributed by atoms with van der Waals surface area (Å²) in [7, 11) is 0. The Morgan fingerprint density at radius 2 is 1.52 bits per heavy atom. The lowest BCUT2D eigenvalue weighted by Gasteiger charge is -2.19. The number of ether oxygens (including phenoxy) is 3. The highest BCUT2D eigenvalue weighted by Crippen LogP contribution is 2.37. The number of hydrogen-bond donors (Lipinski definition) is 0. The standard InChI is InChI=1S/C23H21NO3/c1-2-4-17(5-3-1)14-24-10-11-25-21-8-6-18(12-20(21)15-24)19-7-9-22-23(13-19)27-16-26-22/h1-9,12-13H,10-11,14-16H2. The van der Waals surface area contributed by atoms with E-state index in [0.29, 0.717) is 13.4 Å². The van der Waals surface area contributed by atoms with Crippen molar-refractivity contribution in [2.24, 2.45) is 0 Å². The molecule has 0 N–H and O–H groups in total. The molecule has 2 heterocycles. The van der Waals surface area contributed by atoms with Gasteiger partial charge in [-0.1, -0.05) is 42.5 Å². The van der Waals surface area contributed by atoms with Crippen molar-refractivity contribution in [3.63, 3.8) is 0 Å². The Hall–Kier alpha value is -2.98. The smallest absolute Gasteiger partial charge is 0.231 e. The third-order valence-electron chi connectivity index (χ3n) is 5.07. The van der Waals surface area contributed by atoms with Crippen molar-refractivity contribution in [1.82, 2.24) is 4.90 Å². The molecule has 3 aromatic carbocycles. The molecule has 0 fully saturated rings. The molecule has 4 heteroatoms. The molecule has 0 saturated carbocycles. The van der Waals surface area contributed by atoms with Crippen LogP contribution in [-0.4, -0.2) is 24.8 Å². The van der Waals surface area contributed by atoms with E-state index in [4.69, 9.17) is 14.2 Å². The summed E-state index contributed by atoms with van der Waals surface area (Å²) in [6.07, 6.45) is 0. The summed E-state index contributed by atoms with van der Waals surface area (Å²) in [6.45, 7) is 3.73. The zero-order chi connectivity index (χ0) is 18.1. The highest BCUT2D eigenvalue weighted by molar-refractivity contribution is 5.69. The third kappa shape index (κ3) is 3.36. The lowest BCUT2D eigenvalue weighted by molar-refractivity contribution is 0.174. The van der Waals surface area contributed by atoms with Gasteiger partial charge in [0.15, 0.2) is 11.5 Å². The monoisotopic (exact) mass is 359 g/mol. The Morgan fingerprint density at radius 1 is 0.741 bits per heavy atom. The first-order valence-corrected chi connectivity index (χ1v) is 9.27. The van der Waals surface area contributed by atoms with Crippen molar-refractivity contribution in [3.05, 3.63) is 77.9 Å². The Morgan fingerprint density at radius 3 is 2.41 bits per heavy atom. The van der Waals surface area contributed by atoms with Gasteiger partial charge >= 0.3 is 0 Å². The van der Waals surface area contributed by atoms with E-state index in [1.165, 1.54) is 11.1 Å². The maximum atomic E-state index is 5.99. The molecule has 0 bridgehead atoms. The average molecular weight is 359 g/mol. The highest BCUT2D eigenvalue weighted by atomic mass is 16.7. The molecule has 0 unspecified atom stereocenters. The number of nitrogens with zero attached hydrogens (tertiary/aromatic N) is 1. The molecule has 0 radical (unpaired) electrons. The molecule has 136 valence electrons. The fourth-order valence-corrected chi connectivity index (χ4v) is 3.68. The van der Waals surface area contributed by atoms with E-state index >= 15 is 0 Å². The highest BCUT2D eigenvalue weighted by Gasteiger charge is 2.18. The second-order valence-corrected chi connectivity index (χ2v) is 6.94. The Balaban J connectivity index is 1.42. The molecule has 0 aliphatic carbocycles. The maximum absolute atomic E-state index is 5.99. The van der Waals surface area contributed by atoms with Gasteiger partial charge in [0.2, 0.25) is 6.79 Å². The fourth-order valence-electron chi connectivity index (χ4n) is 3.68. The number of hydrogen-bond acceptors (Lipinski definition) is 4. The molecule has 2 aliphatic rings. The average Bonchev–Trinajstić information content (AvgIpc) is 3.08. The normalized spacial score (nSPS) is 15.7. The van der Waals surface area contributed by atoms with E-state index in [-0.39, 0.29) is 0 Å². The fraction of sp³-hybridized carbons (Fsp3) is 0.217. The topological polar surface area (TPSA) is 30.9 Å². The van der Waals surface area contributed by atoms with Crippen LogP contribution >= 0.6 is 0 Å². The minimum Gasteiger partial charge on any atom is -0.492 e. The summed E-state index contributed by atoms with van der Waals surface area (Å²) >= 11 is 0. The van der Waals surface area contributed by atoms with Crippen molar-refractivity contribution >= 4 is 0 Å². The van der Waals surface area contributed by atoms with Crippen LogP contribution in [0, 0.1) is 0 Å². The van der Waals surface area contributed by atoms with E-state index in [1.54, 1.807) is 0 Å². The first-order valence-electron chi connectivity index (χ1n) is 9.27. The van der Waals surface area contributed by atoms with Crippen molar-refractivity contribution in [2.75, 3.05) is 19.9 Å². The van der Waals surface area contributed by atoms with Gasteiger partial charge in [-0.2, -0.15) is 0 Å². The van der Waals surface area contributed by atoms with Crippen molar-refractivity contribution in [1.29, 1.82) is 0 Å². The lowest BCUT2D eigenvalue weighted by atomic mass is 10.0. The van der Waals surface area contributed by atoms with Gasteiger partial charge in [-0.3, -0.25) is 4.90 Å². The summed E-state index contributed by atoms with van der Waals surface area (Å²) in [5.41, 5.74) is 4.84. The molecule has 0 atom stereocenters. The van der Waals surface area contributed by atoms with Crippen LogP contribution in [0.2, 0.25) is 0 Å². The van der Waals surface area contributed by atoms with Crippen LogP contribution in [0.5, 0.6) is 17.2 Å². The predicted octanol–water partition coefficient (Wildman–Crippen LogP) is 4.48. The summed E-state index contributed by atoms with van der Waals surface area (Å²) < 4.78 is 16.9. The van der Waals surface area contributed by atoms with Gasteiger partial charge in [0.05, 0.1) is 0 Å². The second kappa shape index (κ2) is 6.97. The van der Waals surface area contributed by atoms with Crippen LogP contribution in [0.4, 0.5) is 0 Å². The van der Waals surface area contributed by atoms with Gasteiger partial charge in [-0.05, 0) is 41.0 Å². The van der Waals surface area contributed by atoms with E-state index < -0.39 is 0 Å². The second-order valence-electron chi connectivity index (χ2n) is 6.94. The van der Waals surface area contributed by atoms with Crippen LogP contribution in [0.1, 0.15) is 11.1 Å². The molecular weight excluding hydrogens is 338 g/mol. The van der Waals surface area contributed by atoms with Crippen molar-refractivity contribution in [3.8, 4) is 28.4 Å². The van der Waals surface area contributed by atoms with Crippen LogP contribution in [0.3, 0.4) is 0 Å². The van der Waals surface area contributed by atoms with Gasteiger partial charge in [0, 0.05) is 25.2 Å². The Kier molecular flexibility index (Phi) is 4.18. The SMILES string of the molecule is c1ccc(CN2CCOc3ccc(-c4ccc5c(c4)OCO5)cc3C2)cc1. The first-order chi connectivity index (χ1) is 13.3. The molecule has 0 saturated heterocycles. The molecule has 3 aromatic rings. The van der Waals surface area contributed by atoms with E-state index in [0.717, 1.165) is 48.0 Å². The Labute approximate surface area is 158 Å². The summed E-state index contributed by atoms with van der Waals surface area (Å²) in [5.74, 6) is 2.60. The van der Waals surface area contributed by atoms with Crippen LogP contribution < -0.4 is 14.2 Å². The number of rotatable bonds is 3. The van der Waals surface area contributed by atoms with Gasteiger partial charge in [-0.15, -0.1) is 0 Å². The molecule has 0 aromatic heterocycles. The summed E-state index contributed by atoms with van der Waals surface area (Å²) in [4.78, 5) is 2.44. The molecule has 0 spiro atoms. The quantitative estimate of drug-likeness (QED) is 0.690. The van der Waals surface area contributed by atoms with E-state index in [1.807, 2.05) is 12.1 Å². The Bertz CT molecular complexity index is 955. The molecular formula is C23H21NO3. The number of benzene rings is 3. The van der Waals surface area contributed by atoms with Gasteiger partial charge in [0.1, 0.15) is 12.4 Å². The van der Waals surface area contributed by atoms with Crippen LogP contribution in [0.15, 0.2) is 66.7 Å². The van der Waals surface area contributed by atoms with E-state index in [2.05, 4.69) is 59.5 Å². The summed E-state index contributed by atoms with van der Waals surface area (Å²) in [6, 6.07) is 23.1. The van der Waals surface area contributed by atoms with Gasteiger partial charge < -0.3 is 14.2 Å². The molecule has 2 aliphatic heterocycles. The zero-order valence-corrected chi connectivity index (χ0v) is 15.1. The minimum absolute atomic E-state index is 0.297. The van der Waals surface area contributed by atoms with Crippen molar-refractivity contribution in [2.45, 2.75) is 13.1 Å². The molecule has 27 heavy (non-hydrogen) atoms. The van der Waals surface area contributed by atoms with Gasteiger partial charge in [-0.25, -0.2) is 0 Å². The first kappa shape index (κ1) is 16.2. The lowest BCUT2D eigenvalue weighted by Crippen LogP contribution is -2.25. The van der Waals surface area contributed by atoms with Crippen molar-refractivity contribution < 1.29 is 14.2 Å².